The van der Waals surface area contributed by atoms with E-state index in [4.69, 9.17) is 10.5 Å². The highest BCUT2D eigenvalue weighted by Gasteiger charge is 2.27. The van der Waals surface area contributed by atoms with Crippen molar-refractivity contribution in [2.75, 3.05) is 0 Å². The molecule has 2 fully saturated rings. The summed E-state index contributed by atoms with van der Waals surface area (Å²) in [6.45, 7) is 0.578. The molecule has 0 heterocycles. The van der Waals surface area contributed by atoms with E-state index < -0.39 is 0 Å². The second kappa shape index (κ2) is 9.28. The molecule has 0 saturated heterocycles. The van der Waals surface area contributed by atoms with Gasteiger partial charge in [-0.05, 0) is 62.6 Å². The fourth-order valence-corrected chi connectivity index (χ4v) is 3.65. The van der Waals surface area contributed by atoms with Crippen molar-refractivity contribution in [3.8, 4) is 5.75 Å². The van der Waals surface area contributed by atoms with Gasteiger partial charge in [-0.2, -0.15) is 0 Å². The summed E-state index contributed by atoms with van der Waals surface area (Å²) in [4.78, 5) is 12.1. The van der Waals surface area contributed by atoms with Crippen molar-refractivity contribution in [1.29, 1.82) is 0 Å². The number of hydrogen-bond donors (Lipinski definition) is 2. The van der Waals surface area contributed by atoms with Gasteiger partial charge < -0.3 is 15.8 Å². The molecule has 1 aromatic rings. The summed E-state index contributed by atoms with van der Waals surface area (Å²) in [5, 5.41) is 3.03. The molecule has 2 aliphatic carbocycles. The largest absolute Gasteiger partial charge is 0.490 e. The van der Waals surface area contributed by atoms with Crippen LogP contribution in [0.5, 0.6) is 5.75 Å². The van der Waals surface area contributed by atoms with Gasteiger partial charge in [0.15, 0.2) is 0 Å². The number of halogens is 1. The second-order valence-corrected chi connectivity index (χ2v) is 7.01. The van der Waals surface area contributed by atoms with Crippen LogP contribution in [0.15, 0.2) is 24.3 Å². The smallest absolute Gasteiger partial charge is 0.223 e. The third-order valence-corrected chi connectivity index (χ3v) is 5.09. The molecule has 2 aliphatic rings. The van der Waals surface area contributed by atoms with Gasteiger partial charge in [0.2, 0.25) is 5.91 Å². The molecule has 2 unspecified atom stereocenters. The Kier molecular flexibility index (Phi) is 7.38. The Morgan fingerprint density at radius 2 is 1.79 bits per heavy atom. The zero-order chi connectivity index (χ0) is 16.1. The van der Waals surface area contributed by atoms with Crippen molar-refractivity contribution in [2.45, 2.75) is 70.1 Å². The summed E-state index contributed by atoms with van der Waals surface area (Å²) in [6.07, 6.45) is 9.31. The highest BCUT2D eigenvalue weighted by atomic mass is 35.5. The molecule has 2 atom stereocenters. The van der Waals surface area contributed by atoms with E-state index in [1.54, 1.807) is 0 Å². The van der Waals surface area contributed by atoms with Crippen LogP contribution in [0.4, 0.5) is 0 Å². The van der Waals surface area contributed by atoms with Gasteiger partial charge in [-0.1, -0.05) is 18.6 Å². The highest BCUT2D eigenvalue weighted by Crippen LogP contribution is 2.25. The first-order valence-corrected chi connectivity index (χ1v) is 8.99. The number of carbonyl (C=O) groups excluding carboxylic acids is 1. The maximum atomic E-state index is 12.1. The van der Waals surface area contributed by atoms with Gasteiger partial charge in [-0.15, -0.1) is 12.4 Å². The molecule has 24 heavy (non-hydrogen) atoms. The summed E-state index contributed by atoms with van der Waals surface area (Å²) < 4.78 is 6.03. The standard InChI is InChI=1S/C19H28N2O2.ClH/c20-16-9-8-15(12-16)19(22)21-13-14-6-10-18(11-7-14)23-17-4-2-1-3-5-17;/h6-7,10-11,15-17H,1-5,8-9,12-13,20H2,(H,21,22);1H. The SMILES string of the molecule is Cl.NC1CCC(C(=O)NCc2ccc(OC3CCCCC3)cc2)C1. The molecule has 4 nitrogen and oxygen atoms in total. The van der Waals surface area contributed by atoms with Crippen LogP contribution in [0.25, 0.3) is 0 Å². The topological polar surface area (TPSA) is 64.4 Å². The minimum Gasteiger partial charge on any atom is -0.490 e. The zero-order valence-electron chi connectivity index (χ0n) is 14.2. The number of carbonyl (C=O) groups is 1. The maximum absolute atomic E-state index is 12.1. The lowest BCUT2D eigenvalue weighted by molar-refractivity contribution is -0.125. The monoisotopic (exact) mass is 352 g/mol. The van der Waals surface area contributed by atoms with E-state index in [-0.39, 0.29) is 30.3 Å². The van der Waals surface area contributed by atoms with Crippen molar-refractivity contribution < 1.29 is 9.53 Å². The minimum atomic E-state index is 0. The summed E-state index contributed by atoms with van der Waals surface area (Å²) in [5.41, 5.74) is 6.98. The summed E-state index contributed by atoms with van der Waals surface area (Å²) in [5.74, 6) is 1.17. The fraction of sp³-hybridized carbons (Fsp3) is 0.632. The van der Waals surface area contributed by atoms with Crippen molar-refractivity contribution in [1.82, 2.24) is 5.32 Å². The van der Waals surface area contributed by atoms with Gasteiger partial charge in [0, 0.05) is 18.5 Å². The number of rotatable bonds is 5. The molecule has 0 spiro atoms. The number of hydrogen-bond acceptors (Lipinski definition) is 3. The molecule has 3 rings (SSSR count). The maximum Gasteiger partial charge on any atom is 0.223 e. The molecule has 2 saturated carbocycles. The first-order valence-electron chi connectivity index (χ1n) is 8.99. The number of benzene rings is 1. The number of amides is 1. The minimum absolute atomic E-state index is 0. The Balaban J connectivity index is 0.00000208. The Morgan fingerprint density at radius 1 is 1.08 bits per heavy atom. The van der Waals surface area contributed by atoms with E-state index in [9.17, 15) is 4.79 Å². The van der Waals surface area contributed by atoms with Crippen LogP contribution in [0.2, 0.25) is 0 Å². The molecule has 0 aliphatic heterocycles. The quantitative estimate of drug-likeness (QED) is 0.851. The van der Waals surface area contributed by atoms with Crippen LogP contribution >= 0.6 is 12.4 Å². The molecule has 3 N–H and O–H groups in total. The Morgan fingerprint density at radius 3 is 2.42 bits per heavy atom. The molecule has 0 bridgehead atoms. The summed E-state index contributed by atoms with van der Waals surface area (Å²) in [7, 11) is 0. The number of nitrogens with two attached hydrogens (primary N) is 1. The van der Waals surface area contributed by atoms with Gasteiger partial charge in [0.05, 0.1) is 6.10 Å². The van der Waals surface area contributed by atoms with Gasteiger partial charge in [-0.25, -0.2) is 0 Å². The van der Waals surface area contributed by atoms with Crippen molar-refractivity contribution in [3.63, 3.8) is 0 Å². The number of ether oxygens (including phenoxy) is 1. The van der Waals surface area contributed by atoms with E-state index in [0.29, 0.717) is 12.6 Å². The van der Waals surface area contributed by atoms with Gasteiger partial charge in [-0.3, -0.25) is 4.79 Å². The number of nitrogens with one attached hydrogen (secondary N) is 1. The summed E-state index contributed by atoms with van der Waals surface area (Å²) >= 11 is 0. The first-order chi connectivity index (χ1) is 11.2. The Labute approximate surface area is 150 Å². The van der Waals surface area contributed by atoms with E-state index in [0.717, 1.165) is 30.6 Å². The molecule has 1 aromatic carbocycles. The molecule has 0 radical (unpaired) electrons. The predicted molar refractivity (Wildman–Crippen MR) is 98.4 cm³/mol. The molecular formula is C19H29ClN2O2. The van der Waals surface area contributed by atoms with Gasteiger partial charge in [0.1, 0.15) is 5.75 Å². The van der Waals surface area contributed by atoms with Crippen LogP contribution in [0.3, 0.4) is 0 Å². The lowest BCUT2D eigenvalue weighted by Gasteiger charge is -2.23. The second-order valence-electron chi connectivity index (χ2n) is 7.01. The van der Waals surface area contributed by atoms with Crippen LogP contribution in [0.1, 0.15) is 56.9 Å². The molecule has 134 valence electrons. The Hall–Kier alpha value is -1.26. The average molecular weight is 353 g/mol. The molecular weight excluding hydrogens is 324 g/mol. The molecule has 0 aromatic heterocycles. The lowest BCUT2D eigenvalue weighted by Crippen LogP contribution is -2.29. The van der Waals surface area contributed by atoms with Crippen LogP contribution in [-0.2, 0) is 11.3 Å². The lowest BCUT2D eigenvalue weighted by atomic mass is 9.98. The van der Waals surface area contributed by atoms with Crippen LogP contribution in [-0.4, -0.2) is 18.1 Å². The van der Waals surface area contributed by atoms with Crippen molar-refractivity contribution in [2.24, 2.45) is 11.7 Å². The zero-order valence-corrected chi connectivity index (χ0v) is 15.0. The van der Waals surface area contributed by atoms with E-state index in [2.05, 4.69) is 5.32 Å². The van der Waals surface area contributed by atoms with Crippen LogP contribution in [0, 0.1) is 5.92 Å². The average Bonchev–Trinajstić information content (AvgIpc) is 3.01. The Bertz CT molecular complexity index is 515. The van der Waals surface area contributed by atoms with Crippen molar-refractivity contribution in [3.05, 3.63) is 29.8 Å². The fourth-order valence-electron chi connectivity index (χ4n) is 3.65. The van der Waals surface area contributed by atoms with E-state index >= 15 is 0 Å². The van der Waals surface area contributed by atoms with Gasteiger partial charge >= 0.3 is 0 Å². The predicted octanol–water partition coefficient (Wildman–Crippen LogP) is 3.56. The molecule has 1 amide bonds. The molecule has 5 heteroatoms. The van der Waals surface area contributed by atoms with E-state index in [1.807, 2.05) is 24.3 Å². The van der Waals surface area contributed by atoms with Gasteiger partial charge in [0.25, 0.3) is 0 Å². The third kappa shape index (κ3) is 5.38. The first kappa shape index (κ1) is 19.1. The summed E-state index contributed by atoms with van der Waals surface area (Å²) in [6, 6.07) is 8.31. The third-order valence-electron chi connectivity index (χ3n) is 5.09. The normalized spacial score (nSPS) is 24.2. The highest BCUT2D eigenvalue weighted by molar-refractivity contribution is 5.85. The van der Waals surface area contributed by atoms with Crippen LogP contribution < -0.4 is 15.8 Å². The van der Waals surface area contributed by atoms with Crippen molar-refractivity contribution >= 4 is 18.3 Å². The van der Waals surface area contributed by atoms with E-state index in [1.165, 1.54) is 32.1 Å².